The molecule has 0 fully saturated rings. The number of hydrogen-bond acceptors (Lipinski definition) is 1. The zero-order valence-electron chi connectivity index (χ0n) is 42.6. The summed E-state index contributed by atoms with van der Waals surface area (Å²) in [7, 11) is 0. The molecule has 0 aliphatic heterocycles. The third-order valence-electron chi connectivity index (χ3n) is 11.1. The van der Waals surface area contributed by atoms with E-state index in [9.17, 15) is 0 Å². The van der Waals surface area contributed by atoms with Gasteiger partial charge in [0.2, 0.25) is 0 Å². The van der Waals surface area contributed by atoms with E-state index in [0.29, 0.717) is 6.42 Å². The van der Waals surface area contributed by atoms with E-state index < -0.39 is 0 Å². The molecule has 0 saturated heterocycles. The van der Waals surface area contributed by atoms with Crippen LogP contribution >= 0.6 is 0 Å². The molecule has 1 N–H and O–H groups in total. The first-order valence-corrected chi connectivity index (χ1v) is 24.8. The lowest BCUT2D eigenvalue weighted by atomic mass is 9.84. The molecule has 0 bridgehead atoms. The SMILES string of the molecule is C1=CCC2CCC=CC2=C1.C=C.C=C(C/C=C\C(=C)n1c2c3ccccc3ccc2c2cc3c4ccccc4n4c5ccccc5c(c21)c34)N/C=C\C=C/CC.C=CC.CC.CC.CC.CC. The normalized spacial score (nSPS) is 13.4. The topological polar surface area (TPSA) is 21.4 Å². The summed E-state index contributed by atoms with van der Waals surface area (Å²) in [6.45, 7) is 38.3. The molecule has 2 aliphatic carbocycles. The Morgan fingerprint density at radius 1 is 0.687 bits per heavy atom. The highest BCUT2D eigenvalue weighted by Gasteiger charge is 2.24. The smallest absolute Gasteiger partial charge is 0.0642 e. The van der Waals surface area contributed by atoms with Crippen LogP contribution in [-0.4, -0.2) is 8.97 Å². The summed E-state index contributed by atoms with van der Waals surface area (Å²) in [6.07, 6.45) is 31.0. The molecule has 67 heavy (non-hydrogen) atoms. The molecule has 0 radical (unpaired) electrons. The number of aromatic nitrogens is 2. The van der Waals surface area contributed by atoms with Gasteiger partial charge in [-0.2, -0.15) is 0 Å². The Hall–Kier alpha value is -6.84. The Morgan fingerprint density at radius 3 is 1.97 bits per heavy atom. The van der Waals surface area contributed by atoms with Gasteiger partial charge in [0, 0.05) is 61.7 Å². The van der Waals surface area contributed by atoms with E-state index in [1.165, 1.54) is 95.5 Å². The molecule has 0 spiro atoms. The second kappa shape index (κ2) is 28.9. The fourth-order valence-corrected chi connectivity index (χ4v) is 8.65. The summed E-state index contributed by atoms with van der Waals surface area (Å²) in [4.78, 5) is 0. The number of benzene rings is 5. The van der Waals surface area contributed by atoms with Crippen LogP contribution in [0.4, 0.5) is 0 Å². The lowest BCUT2D eigenvalue weighted by Crippen LogP contribution is -2.06. The molecule has 3 heteroatoms. The van der Waals surface area contributed by atoms with Crippen LogP contribution in [0.3, 0.4) is 0 Å². The van der Waals surface area contributed by atoms with E-state index >= 15 is 0 Å². The molecule has 0 amide bonds. The zero-order valence-corrected chi connectivity index (χ0v) is 42.6. The molecule has 2 aliphatic rings. The average Bonchev–Trinajstić information content (AvgIpc) is 4.05. The summed E-state index contributed by atoms with van der Waals surface area (Å²) in [5, 5.41) is 13.3. The molecule has 5 aromatic carbocycles. The molecular formula is C64H79N3. The van der Waals surface area contributed by atoms with E-state index in [-0.39, 0.29) is 0 Å². The first-order chi connectivity index (χ1) is 33.0. The molecule has 3 aromatic heterocycles. The monoisotopic (exact) mass is 890 g/mol. The summed E-state index contributed by atoms with van der Waals surface area (Å²) in [5.41, 5.74) is 9.54. The van der Waals surface area contributed by atoms with Crippen LogP contribution in [0.1, 0.15) is 101 Å². The quantitative estimate of drug-likeness (QED) is 0.119. The minimum Gasteiger partial charge on any atom is -0.365 e. The number of rotatable bonds is 8. The molecule has 10 rings (SSSR count). The van der Waals surface area contributed by atoms with Gasteiger partial charge in [0.15, 0.2) is 0 Å². The van der Waals surface area contributed by atoms with Crippen molar-refractivity contribution in [3.05, 3.63) is 208 Å². The molecule has 0 saturated carbocycles. The van der Waals surface area contributed by atoms with Gasteiger partial charge in [-0.3, -0.25) is 0 Å². The van der Waals surface area contributed by atoms with Gasteiger partial charge in [0.1, 0.15) is 0 Å². The average molecular weight is 890 g/mol. The molecule has 8 aromatic rings. The van der Waals surface area contributed by atoms with Gasteiger partial charge in [-0.1, -0.05) is 203 Å². The van der Waals surface area contributed by atoms with Crippen LogP contribution in [-0.2, 0) is 0 Å². The molecule has 350 valence electrons. The van der Waals surface area contributed by atoms with Crippen molar-refractivity contribution in [3.63, 3.8) is 0 Å². The second-order valence-electron chi connectivity index (χ2n) is 14.9. The van der Waals surface area contributed by atoms with Crippen molar-refractivity contribution in [1.29, 1.82) is 0 Å². The summed E-state index contributed by atoms with van der Waals surface area (Å²) in [5.74, 6) is 0.843. The second-order valence-corrected chi connectivity index (χ2v) is 14.9. The van der Waals surface area contributed by atoms with Crippen molar-refractivity contribution in [2.24, 2.45) is 5.92 Å². The van der Waals surface area contributed by atoms with Gasteiger partial charge in [-0.05, 0) is 79.8 Å². The largest absolute Gasteiger partial charge is 0.365 e. The van der Waals surface area contributed by atoms with Gasteiger partial charge >= 0.3 is 0 Å². The van der Waals surface area contributed by atoms with Gasteiger partial charge < -0.3 is 14.3 Å². The maximum Gasteiger partial charge on any atom is 0.0642 e. The van der Waals surface area contributed by atoms with Crippen LogP contribution in [0.15, 0.2) is 208 Å². The number of fused-ring (bicyclic) bond motifs is 13. The van der Waals surface area contributed by atoms with E-state index in [1.807, 2.05) is 80.7 Å². The predicted molar refractivity (Wildman–Crippen MR) is 308 cm³/mol. The van der Waals surface area contributed by atoms with E-state index in [4.69, 9.17) is 0 Å². The van der Waals surface area contributed by atoms with E-state index in [0.717, 1.165) is 23.7 Å². The minimum atomic E-state index is 0.701. The van der Waals surface area contributed by atoms with Crippen molar-refractivity contribution in [1.82, 2.24) is 14.3 Å². The van der Waals surface area contributed by atoms with Crippen LogP contribution in [0.5, 0.6) is 0 Å². The number of hydrogen-bond donors (Lipinski definition) is 1. The number of allylic oxidation sites excluding steroid dienone is 13. The molecule has 1 unspecified atom stereocenters. The van der Waals surface area contributed by atoms with Crippen molar-refractivity contribution < 1.29 is 0 Å². The Kier molecular flexibility index (Phi) is 23.5. The molecular weight excluding hydrogens is 811 g/mol. The number of para-hydroxylation sites is 2. The highest BCUT2D eigenvalue weighted by Crippen LogP contribution is 2.47. The highest BCUT2D eigenvalue weighted by atomic mass is 15.0. The summed E-state index contributed by atoms with van der Waals surface area (Å²) >= 11 is 0. The Morgan fingerprint density at radius 2 is 1.30 bits per heavy atom. The van der Waals surface area contributed by atoms with Crippen LogP contribution < -0.4 is 5.32 Å². The molecule has 3 heterocycles. The summed E-state index contributed by atoms with van der Waals surface area (Å²) < 4.78 is 4.85. The fourth-order valence-electron chi connectivity index (χ4n) is 8.65. The minimum absolute atomic E-state index is 0.701. The van der Waals surface area contributed by atoms with Gasteiger partial charge in [-0.15, -0.1) is 19.7 Å². The molecule has 1 atom stereocenters. The lowest BCUT2D eigenvalue weighted by Gasteiger charge is -2.21. The van der Waals surface area contributed by atoms with Crippen LogP contribution in [0, 0.1) is 5.92 Å². The Bertz CT molecular complexity index is 3000. The van der Waals surface area contributed by atoms with Gasteiger partial charge in [0.25, 0.3) is 0 Å². The standard InChI is InChI=1S/C41H33N3.C10H12.C3H6.4C2H6.C2H4/c1-4-5-6-13-25-42-27(2)15-14-16-28(3)43-39-30-18-8-7-17-29(30)23-24-32(39)35-26-34-31-19-9-11-21-36(31)44-37-22-12-10-20-33(37)38(40(35)43)41(34)44;1-2-6-10-8-4-3-7-9(10)5-1;1-3-2;5*1-2/h5-14,16-26,42H,2-4,15H2,1H3;1-3,5,7,10H,4,6,8H2;3H,1H2,2H3;4*1-2H3;1-2H2/b6-5-,16-14-,25-13-;;;;;;;. The van der Waals surface area contributed by atoms with Gasteiger partial charge in [0.05, 0.1) is 27.6 Å². The molecule has 3 nitrogen and oxygen atoms in total. The summed E-state index contributed by atoms with van der Waals surface area (Å²) in [6, 6.07) is 33.2. The van der Waals surface area contributed by atoms with Crippen molar-refractivity contribution in [2.45, 2.75) is 101 Å². The van der Waals surface area contributed by atoms with E-state index in [1.54, 1.807) is 6.08 Å². The van der Waals surface area contributed by atoms with Crippen LogP contribution in [0.2, 0.25) is 0 Å². The first-order valence-electron chi connectivity index (χ1n) is 24.8. The lowest BCUT2D eigenvalue weighted by molar-refractivity contribution is 0.566. The van der Waals surface area contributed by atoms with Crippen molar-refractivity contribution in [2.75, 3.05) is 0 Å². The fraction of sp³-hybridized carbons (Fsp3) is 0.250. The highest BCUT2D eigenvalue weighted by molar-refractivity contribution is 6.35. The predicted octanol–water partition coefficient (Wildman–Crippen LogP) is 20.0. The van der Waals surface area contributed by atoms with Gasteiger partial charge in [-0.25, -0.2) is 0 Å². The Balaban J connectivity index is 0.000000434. The number of nitrogens with zero attached hydrogens (tertiary/aromatic N) is 2. The maximum atomic E-state index is 4.66. The Labute approximate surface area is 404 Å². The van der Waals surface area contributed by atoms with Crippen molar-refractivity contribution in [3.8, 4) is 0 Å². The van der Waals surface area contributed by atoms with Crippen LogP contribution in [0.25, 0.3) is 76.4 Å². The zero-order chi connectivity index (χ0) is 49.3. The third kappa shape index (κ3) is 12.1. The van der Waals surface area contributed by atoms with E-state index in [2.05, 4.69) is 194 Å². The van der Waals surface area contributed by atoms with Crippen molar-refractivity contribution >= 4 is 76.4 Å². The maximum absolute atomic E-state index is 4.66. The third-order valence-corrected chi connectivity index (χ3v) is 11.1. The number of nitrogens with one attached hydrogen (secondary N) is 1. The first kappa shape index (κ1) is 54.5.